The third-order valence-electron chi connectivity index (χ3n) is 11.9. The molecule has 0 fully saturated rings. The normalized spacial score (nSPS) is 12.3. The number of hydrogen-bond acceptors (Lipinski definition) is 11. The molecular weight excluding hydrogens is 873 g/mol. The van der Waals surface area contributed by atoms with Crippen LogP contribution in [0.25, 0.3) is 0 Å². The Labute approximate surface area is 429 Å². The van der Waals surface area contributed by atoms with E-state index in [0.717, 1.165) is 38.5 Å². The largest absolute Gasteiger partial charge is 0.465 e. The summed E-state index contributed by atoms with van der Waals surface area (Å²) in [5.74, 6) is -2.01. The number of rotatable bonds is 47. The zero-order valence-electron chi connectivity index (χ0n) is 41.4. The zero-order chi connectivity index (χ0) is 46.9. The van der Waals surface area contributed by atoms with Crippen molar-refractivity contribution in [3.63, 3.8) is 0 Å². The smallest absolute Gasteiger partial charge is 0.311 e. The Morgan fingerprint density at radius 3 is 1.33 bits per heavy atom. The van der Waals surface area contributed by atoms with E-state index in [4.69, 9.17) is 33.8 Å². The van der Waals surface area contributed by atoms with Gasteiger partial charge in [0, 0.05) is 0 Å². The summed E-state index contributed by atoms with van der Waals surface area (Å²) in [6.07, 6.45) is 33.1. The molecule has 0 saturated carbocycles. The van der Waals surface area contributed by atoms with Crippen LogP contribution in [0.1, 0.15) is 272 Å². The molecule has 0 aliphatic rings. The Bertz CT molecular complexity index is 1140. The van der Waals surface area contributed by atoms with Crippen molar-refractivity contribution in [3.05, 3.63) is 25.0 Å². The average molecular weight is 994 g/mol. The van der Waals surface area contributed by atoms with Gasteiger partial charge in [-0.2, -0.15) is 4.89 Å². The predicted octanol–water partition coefficient (Wildman–Crippen LogP) is 17.4. The summed E-state index contributed by atoms with van der Waals surface area (Å²) in [4.78, 5) is 60.4. The van der Waals surface area contributed by atoms with E-state index in [1.54, 1.807) is 13.8 Å². The minimum Gasteiger partial charge on any atom is -0.465 e. The minimum atomic E-state index is -1.19. The Balaban J connectivity index is -0.00000128. The van der Waals surface area contributed by atoms with Gasteiger partial charge in [-0.05, 0) is 52.9 Å². The fourth-order valence-corrected chi connectivity index (χ4v) is 7.56. The van der Waals surface area contributed by atoms with Crippen molar-refractivity contribution < 1.29 is 53.3 Å². The van der Waals surface area contributed by atoms with Crippen LogP contribution in [0.3, 0.4) is 0 Å². The second-order valence-electron chi connectivity index (χ2n) is 18.7. The SMILES string of the molecule is C.C.C.C.C.C.C=CCOOCC(=C)OOCC(O)COC(=O)C(C)(C)CC(CC(C)(CC)C(=O)OCCCCCCCCCCCC)C(=O)OCCCCCCCCCCCCCCCCCC. The van der Waals surface area contributed by atoms with Gasteiger partial charge in [0.1, 0.15) is 32.5 Å². The van der Waals surface area contributed by atoms with E-state index in [9.17, 15) is 19.5 Å². The van der Waals surface area contributed by atoms with Crippen LogP contribution >= 0.6 is 0 Å². The molecule has 11 nitrogen and oxygen atoms in total. The molecule has 0 aliphatic heterocycles. The van der Waals surface area contributed by atoms with Gasteiger partial charge < -0.3 is 24.2 Å². The first kappa shape index (κ1) is 80.6. The van der Waals surface area contributed by atoms with E-state index < -0.39 is 34.8 Å². The van der Waals surface area contributed by atoms with Crippen molar-refractivity contribution in [2.75, 3.05) is 39.6 Å². The van der Waals surface area contributed by atoms with Gasteiger partial charge in [-0.3, -0.25) is 14.4 Å². The third-order valence-corrected chi connectivity index (χ3v) is 11.9. The highest BCUT2D eigenvalue weighted by molar-refractivity contribution is 5.80. The van der Waals surface area contributed by atoms with E-state index in [-0.39, 0.29) is 95.6 Å². The van der Waals surface area contributed by atoms with E-state index in [1.807, 2.05) is 13.8 Å². The first-order chi connectivity index (χ1) is 30.4. The lowest BCUT2D eigenvalue weighted by atomic mass is 9.73. The molecule has 69 heavy (non-hydrogen) atoms. The lowest BCUT2D eigenvalue weighted by Gasteiger charge is -2.33. The van der Waals surface area contributed by atoms with Crippen molar-refractivity contribution >= 4 is 17.9 Å². The summed E-state index contributed by atoms with van der Waals surface area (Å²) in [5, 5.41) is 10.4. The molecule has 1 N–H and O–H groups in total. The van der Waals surface area contributed by atoms with Crippen LogP contribution in [-0.2, 0) is 48.1 Å². The monoisotopic (exact) mass is 993 g/mol. The van der Waals surface area contributed by atoms with Crippen LogP contribution in [0.15, 0.2) is 25.0 Å². The van der Waals surface area contributed by atoms with Crippen molar-refractivity contribution in [2.24, 2.45) is 16.7 Å². The van der Waals surface area contributed by atoms with Crippen LogP contribution in [0.5, 0.6) is 0 Å². The molecule has 3 atom stereocenters. The highest BCUT2D eigenvalue weighted by Gasteiger charge is 2.43. The number of ether oxygens (including phenoxy) is 3. The Kier molecular flexibility index (Phi) is 64.1. The molecular formula is C58H120O11. The number of carbonyl (C=O) groups excluding carboxylic acids is 3. The maximum atomic E-state index is 13.8. The number of esters is 3. The summed E-state index contributed by atoms with van der Waals surface area (Å²) < 4.78 is 17.1. The van der Waals surface area contributed by atoms with Gasteiger partial charge in [-0.15, -0.1) is 6.58 Å². The molecule has 0 aromatic heterocycles. The molecule has 0 heterocycles. The summed E-state index contributed by atoms with van der Waals surface area (Å²) in [7, 11) is 0. The van der Waals surface area contributed by atoms with Crippen molar-refractivity contribution in [2.45, 2.75) is 278 Å². The second-order valence-corrected chi connectivity index (χ2v) is 18.7. The summed E-state index contributed by atoms with van der Waals surface area (Å²) in [6, 6.07) is 0. The Morgan fingerprint density at radius 1 is 0.522 bits per heavy atom. The van der Waals surface area contributed by atoms with E-state index in [0.29, 0.717) is 19.6 Å². The van der Waals surface area contributed by atoms with Gasteiger partial charge in [-0.1, -0.05) is 232 Å². The zero-order valence-corrected chi connectivity index (χ0v) is 41.4. The van der Waals surface area contributed by atoms with Crippen LogP contribution in [0.4, 0.5) is 0 Å². The summed E-state index contributed by atoms with van der Waals surface area (Å²) in [6.45, 7) is 18.9. The highest BCUT2D eigenvalue weighted by Crippen LogP contribution is 2.38. The lowest BCUT2D eigenvalue weighted by molar-refractivity contribution is -0.317. The molecule has 0 saturated heterocycles. The van der Waals surface area contributed by atoms with Crippen molar-refractivity contribution in [3.8, 4) is 0 Å². The lowest BCUT2D eigenvalue weighted by Crippen LogP contribution is -2.39. The van der Waals surface area contributed by atoms with Crippen molar-refractivity contribution in [1.82, 2.24) is 0 Å². The number of unbranched alkanes of at least 4 members (excludes halogenated alkanes) is 24. The van der Waals surface area contributed by atoms with Gasteiger partial charge in [0.05, 0.1) is 30.0 Å². The van der Waals surface area contributed by atoms with Gasteiger partial charge in [0.15, 0.2) is 5.76 Å². The molecule has 0 bridgehead atoms. The number of aliphatic hydroxyl groups is 1. The Hall–Kier alpha value is -2.47. The van der Waals surface area contributed by atoms with Gasteiger partial charge in [-0.25, -0.2) is 9.78 Å². The quantitative estimate of drug-likeness (QED) is 0.0119. The van der Waals surface area contributed by atoms with Gasteiger partial charge in [0.2, 0.25) is 0 Å². The van der Waals surface area contributed by atoms with Gasteiger partial charge >= 0.3 is 17.9 Å². The molecule has 0 rings (SSSR count). The standard InChI is InChI=1S/C52H96O11.6CH4/c1-9-13-15-17-19-21-23-24-25-26-27-28-30-31-33-35-38-57-48(54)46(41-52(8,12-4)50(56)58-39-36-34-32-29-22-20-18-16-14-10-2)40-51(6,7)49(55)59-43-47(53)44-62-63-45(5)42-61-60-37-11-3;;;;;;/h11,46-47,53H,3,5,9-10,12-44H2,1-2,4,6-8H3;6*1H4. The van der Waals surface area contributed by atoms with E-state index in [2.05, 4.69) is 27.0 Å². The fourth-order valence-electron chi connectivity index (χ4n) is 7.56. The molecule has 11 heteroatoms. The minimum absolute atomic E-state index is 0. The Morgan fingerprint density at radius 2 is 0.928 bits per heavy atom. The fraction of sp³-hybridized carbons (Fsp3) is 0.879. The molecule has 0 aromatic carbocycles. The second kappa shape index (κ2) is 54.9. The number of aliphatic hydroxyl groups excluding tert-OH is 1. The first-order valence-electron chi connectivity index (χ1n) is 25.4. The summed E-state index contributed by atoms with van der Waals surface area (Å²) in [5.41, 5.74) is -2.09. The number of carbonyl (C=O) groups is 3. The van der Waals surface area contributed by atoms with Crippen LogP contribution in [0.2, 0.25) is 0 Å². The third kappa shape index (κ3) is 46.4. The molecule has 0 aliphatic carbocycles. The number of hydrogen-bond donors (Lipinski definition) is 1. The predicted molar refractivity (Wildman–Crippen MR) is 294 cm³/mol. The maximum Gasteiger partial charge on any atom is 0.311 e. The maximum absolute atomic E-state index is 13.8. The first-order valence-corrected chi connectivity index (χ1v) is 25.4. The van der Waals surface area contributed by atoms with Gasteiger partial charge in [0.25, 0.3) is 0 Å². The molecule has 418 valence electrons. The summed E-state index contributed by atoms with van der Waals surface area (Å²) >= 11 is 0. The molecule has 0 radical (unpaired) electrons. The topological polar surface area (TPSA) is 136 Å². The van der Waals surface area contributed by atoms with E-state index in [1.165, 1.54) is 134 Å². The van der Waals surface area contributed by atoms with Crippen LogP contribution in [-0.4, -0.2) is 68.8 Å². The molecule has 3 unspecified atom stereocenters. The molecule has 0 spiro atoms. The highest BCUT2D eigenvalue weighted by atomic mass is 17.2. The van der Waals surface area contributed by atoms with Crippen LogP contribution < -0.4 is 0 Å². The van der Waals surface area contributed by atoms with Crippen LogP contribution in [0, 0.1) is 16.7 Å². The molecule has 0 amide bonds. The molecule has 0 aromatic rings. The van der Waals surface area contributed by atoms with E-state index >= 15 is 0 Å². The average Bonchev–Trinajstić information content (AvgIpc) is 3.26. The van der Waals surface area contributed by atoms with Crippen molar-refractivity contribution in [1.29, 1.82) is 0 Å².